The average molecular weight is 504 g/mol. The van der Waals surface area contributed by atoms with Crippen LogP contribution in [0.25, 0.3) is 0 Å². The van der Waals surface area contributed by atoms with Crippen LogP contribution in [0.5, 0.6) is 0 Å². The van der Waals surface area contributed by atoms with Crippen LogP contribution >= 0.6 is 24.0 Å². The van der Waals surface area contributed by atoms with Crippen molar-refractivity contribution in [1.29, 1.82) is 0 Å². The fraction of sp³-hybridized carbons (Fsp3) is 0.500. The molecular weight excluding hydrogens is 478 g/mol. The molecule has 0 aromatic heterocycles. The predicted octanol–water partition coefficient (Wildman–Crippen LogP) is 1.13. The van der Waals surface area contributed by atoms with Gasteiger partial charge < -0.3 is 20.9 Å². The van der Waals surface area contributed by atoms with Gasteiger partial charge in [-0.2, -0.15) is 0 Å². The number of hydrogen-bond donors (Lipinski definition) is 3. The molecule has 0 atom stereocenters. The van der Waals surface area contributed by atoms with Gasteiger partial charge in [0.25, 0.3) is 0 Å². The molecule has 3 amide bonds. The Hall–Kier alpha value is -2.11. The molecule has 2 heterocycles. The van der Waals surface area contributed by atoms with Gasteiger partial charge >= 0.3 is 6.03 Å². The number of aliphatic imine (C=N–C) groups is 1. The van der Waals surface area contributed by atoms with Crippen LogP contribution in [-0.4, -0.2) is 68.6 Å². The summed E-state index contributed by atoms with van der Waals surface area (Å²) in [5, 5.41) is 9.00. The van der Waals surface area contributed by atoms with Gasteiger partial charge in [-0.15, -0.1) is 24.0 Å². The average Bonchev–Trinajstić information content (AvgIpc) is 2.99. The summed E-state index contributed by atoms with van der Waals surface area (Å²) in [6.45, 7) is 2.46. The maximum absolute atomic E-state index is 13.4. The van der Waals surface area contributed by atoms with Crippen molar-refractivity contribution in [3.05, 3.63) is 30.1 Å². The maximum atomic E-state index is 13.4. The Morgan fingerprint density at radius 3 is 2.68 bits per heavy atom. The van der Waals surface area contributed by atoms with Gasteiger partial charge in [-0.25, -0.2) is 9.18 Å². The number of piperidine rings is 1. The largest absolute Gasteiger partial charge is 0.371 e. The first-order valence-corrected chi connectivity index (χ1v) is 9.12. The van der Waals surface area contributed by atoms with Crippen LogP contribution in [0.2, 0.25) is 0 Å². The van der Waals surface area contributed by atoms with E-state index < -0.39 is 0 Å². The summed E-state index contributed by atoms with van der Waals surface area (Å²) in [5.74, 6) is 0.211. The Bertz CT molecular complexity index is 708. The number of amides is 3. The van der Waals surface area contributed by atoms with E-state index in [9.17, 15) is 14.0 Å². The number of carbonyl (C=O) groups is 2. The zero-order chi connectivity index (χ0) is 19.2. The van der Waals surface area contributed by atoms with Gasteiger partial charge in [0.2, 0.25) is 5.91 Å². The maximum Gasteiger partial charge on any atom is 0.324 e. The Morgan fingerprint density at radius 1 is 1.32 bits per heavy atom. The molecular formula is C18H26FIN6O2. The molecule has 0 radical (unpaired) electrons. The highest BCUT2D eigenvalue weighted by Gasteiger charge is 2.27. The molecule has 2 saturated heterocycles. The van der Waals surface area contributed by atoms with E-state index in [1.807, 2.05) is 6.07 Å². The van der Waals surface area contributed by atoms with Crippen LogP contribution in [-0.2, 0) is 4.79 Å². The monoisotopic (exact) mass is 504 g/mol. The molecule has 0 saturated carbocycles. The van der Waals surface area contributed by atoms with Crippen molar-refractivity contribution in [1.82, 2.24) is 20.9 Å². The third-order valence-corrected chi connectivity index (χ3v) is 4.80. The van der Waals surface area contributed by atoms with Crippen LogP contribution in [0, 0.1) is 5.82 Å². The van der Waals surface area contributed by atoms with Crippen molar-refractivity contribution in [3.8, 4) is 0 Å². The fourth-order valence-corrected chi connectivity index (χ4v) is 3.31. The third-order valence-electron chi connectivity index (χ3n) is 4.80. The fourth-order valence-electron chi connectivity index (χ4n) is 3.31. The lowest BCUT2D eigenvalue weighted by Crippen LogP contribution is -2.50. The lowest BCUT2D eigenvalue weighted by molar-refractivity contribution is -0.124. The van der Waals surface area contributed by atoms with Gasteiger partial charge in [0.05, 0.1) is 6.54 Å². The van der Waals surface area contributed by atoms with Crippen LogP contribution in [0.15, 0.2) is 29.3 Å². The summed E-state index contributed by atoms with van der Waals surface area (Å²) in [4.78, 5) is 30.6. The second-order valence-electron chi connectivity index (χ2n) is 6.59. The Kier molecular flexibility index (Phi) is 8.27. The van der Waals surface area contributed by atoms with Crippen molar-refractivity contribution < 1.29 is 14.0 Å². The van der Waals surface area contributed by atoms with Crippen molar-refractivity contribution in [2.75, 3.05) is 44.7 Å². The summed E-state index contributed by atoms with van der Waals surface area (Å²) < 4.78 is 13.4. The van der Waals surface area contributed by atoms with Gasteiger partial charge in [-0.3, -0.25) is 14.7 Å². The molecule has 3 N–H and O–H groups in total. The summed E-state index contributed by atoms with van der Waals surface area (Å²) in [5.41, 5.74) is 0.907. The van der Waals surface area contributed by atoms with Crippen molar-refractivity contribution in [2.45, 2.75) is 18.9 Å². The Labute approximate surface area is 180 Å². The minimum atomic E-state index is -0.352. The number of urea groups is 1. The summed E-state index contributed by atoms with van der Waals surface area (Å²) >= 11 is 0. The minimum absolute atomic E-state index is 0. The minimum Gasteiger partial charge on any atom is -0.371 e. The van der Waals surface area contributed by atoms with Gasteiger partial charge in [-0.05, 0) is 31.0 Å². The highest BCUT2D eigenvalue weighted by molar-refractivity contribution is 14.0. The van der Waals surface area contributed by atoms with Gasteiger partial charge in [0, 0.05) is 45.0 Å². The topological polar surface area (TPSA) is 89.1 Å². The van der Waals surface area contributed by atoms with Crippen LogP contribution in [0.3, 0.4) is 0 Å². The summed E-state index contributed by atoms with van der Waals surface area (Å²) in [6, 6.07) is 6.57. The molecule has 8 nitrogen and oxygen atoms in total. The highest BCUT2D eigenvalue weighted by Crippen LogP contribution is 2.20. The lowest BCUT2D eigenvalue weighted by Gasteiger charge is -2.34. The summed E-state index contributed by atoms with van der Waals surface area (Å²) in [6.07, 6.45) is 1.81. The van der Waals surface area contributed by atoms with E-state index in [2.05, 4.69) is 25.8 Å². The van der Waals surface area contributed by atoms with E-state index >= 15 is 0 Å². The number of benzene rings is 1. The molecule has 2 fully saturated rings. The molecule has 0 aliphatic carbocycles. The van der Waals surface area contributed by atoms with E-state index in [1.165, 1.54) is 11.0 Å². The van der Waals surface area contributed by atoms with Gasteiger partial charge in [0.1, 0.15) is 5.82 Å². The number of nitrogens with one attached hydrogen (secondary N) is 3. The van der Waals surface area contributed by atoms with E-state index in [0.29, 0.717) is 19.0 Å². The zero-order valence-electron chi connectivity index (χ0n) is 15.8. The SMILES string of the molecule is CN=C(NCCN1C(=O)CNC1=O)NC1CCN(c2cccc(F)c2)CC1.I. The first kappa shape index (κ1) is 22.2. The van der Waals surface area contributed by atoms with E-state index in [-0.39, 0.29) is 54.3 Å². The van der Waals surface area contributed by atoms with E-state index in [4.69, 9.17) is 0 Å². The first-order chi connectivity index (χ1) is 13.1. The molecule has 1 aromatic carbocycles. The number of rotatable bonds is 5. The quantitative estimate of drug-likeness (QED) is 0.242. The first-order valence-electron chi connectivity index (χ1n) is 9.12. The number of anilines is 1. The smallest absolute Gasteiger partial charge is 0.324 e. The molecule has 28 heavy (non-hydrogen) atoms. The molecule has 2 aliphatic heterocycles. The summed E-state index contributed by atoms with van der Waals surface area (Å²) in [7, 11) is 1.69. The number of imide groups is 1. The number of hydrogen-bond acceptors (Lipinski definition) is 4. The molecule has 0 spiro atoms. The second kappa shape index (κ2) is 10.4. The molecule has 3 rings (SSSR count). The standard InChI is InChI=1S/C18H25FN6O2.HI/c1-20-17(21-7-10-25-16(26)12-22-18(25)27)23-14-5-8-24(9-6-14)15-4-2-3-13(19)11-15;/h2-4,11,14H,5-10,12H2,1H3,(H,22,27)(H2,20,21,23);1H. The van der Waals surface area contributed by atoms with E-state index in [1.54, 1.807) is 19.2 Å². The number of carbonyl (C=O) groups excluding carboxylic acids is 2. The molecule has 10 heteroatoms. The Balaban J connectivity index is 0.00000280. The van der Waals surface area contributed by atoms with Crippen molar-refractivity contribution in [2.24, 2.45) is 4.99 Å². The van der Waals surface area contributed by atoms with Gasteiger partial charge in [-0.1, -0.05) is 6.07 Å². The molecule has 2 aliphatic rings. The second-order valence-corrected chi connectivity index (χ2v) is 6.59. The molecule has 154 valence electrons. The van der Waals surface area contributed by atoms with Crippen LogP contribution in [0.1, 0.15) is 12.8 Å². The normalized spacial score (nSPS) is 18.0. The number of nitrogens with zero attached hydrogens (tertiary/aromatic N) is 3. The lowest BCUT2D eigenvalue weighted by atomic mass is 10.0. The van der Waals surface area contributed by atoms with Gasteiger partial charge in [0.15, 0.2) is 5.96 Å². The van der Waals surface area contributed by atoms with E-state index in [0.717, 1.165) is 31.6 Å². The third kappa shape index (κ3) is 5.69. The zero-order valence-corrected chi connectivity index (χ0v) is 18.1. The Morgan fingerprint density at radius 2 is 2.07 bits per heavy atom. The molecule has 0 unspecified atom stereocenters. The molecule has 0 bridgehead atoms. The number of guanidine groups is 1. The predicted molar refractivity (Wildman–Crippen MR) is 117 cm³/mol. The van der Waals surface area contributed by atoms with Crippen molar-refractivity contribution in [3.63, 3.8) is 0 Å². The highest BCUT2D eigenvalue weighted by atomic mass is 127. The van der Waals surface area contributed by atoms with Crippen LogP contribution in [0.4, 0.5) is 14.9 Å². The van der Waals surface area contributed by atoms with Crippen LogP contribution < -0.4 is 20.9 Å². The number of halogens is 2. The molecule has 1 aromatic rings. The van der Waals surface area contributed by atoms with Crippen molar-refractivity contribution >= 4 is 47.6 Å².